The molecule has 0 spiro atoms. The Hall–Kier alpha value is -0.0400. The molecule has 11 heavy (non-hydrogen) atoms. The molecule has 1 rings (SSSR count). The minimum atomic E-state index is 0.475. The van der Waals surface area contributed by atoms with Crippen LogP contribution in [0.1, 0.15) is 46.0 Å². The van der Waals surface area contributed by atoms with E-state index in [9.17, 15) is 0 Å². The molecule has 1 fully saturated rings. The Balaban J connectivity index is 2.27. The third-order valence-corrected chi connectivity index (χ3v) is 3.14. The van der Waals surface area contributed by atoms with E-state index in [1.54, 1.807) is 0 Å². The molecule has 0 bridgehead atoms. The van der Waals surface area contributed by atoms with Crippen molar-refractivity contribution in [1.29, 1.82) is 0 Å². The summed E-state index contributed by atoms with van der Waals surface area (Å²) in [4.78, 5) is 0. The quantitative estimate of drug-likeness (QED) is 0.651. The Morgan fingerprint density at radius 2 is 1.82 bits per heavy atom. The molecule has 0 aromatic rings. The molecule has 0 amide bonds. The summed E-state index contributed by atoms with van der Waals surface area (Å²) in [7, 11) is 0. The Kier molecular flexibility index (Phi) is 3.38. The zero-order valence-electron chi connectivity index (χ0n) is 7.84. The molecule has 1 nitrogen and oxygen atoms in total. The van der Waals surface area contributed by atoms with Crippen molar-refractivity contribution < 1.29 is 0 Å². The van der Waals surface area contributed by atoms with E-state index in [1.165, 1.54) is 25.7 Å². The SMILES string of the molecule is CC[C@@H](N)C1CCC(C)CC1. The Morgan fingerprint density at radius 1 is 1.27 bits per heavy atom. The fourth-order valence-corrected chi connectivity index (χ4v) is 2.05. The average molecular weight is 155 g/mol. The van der Waals surface area contributed by atoms with Crippen LogP contribution in [0.4, 0.5) is 0 Å². The molecule has 1 heteroatoms. The van der Waals surface area contributed by atoms with E-state index in [1.807, 2.05) is 0 Å². The summed E-state index contributed by atoms with van der Waals surface area (Å²) in [5.41, 5.74) is 5.99. The fraction of sp³-hybridized carbons (Fsp3) is 1.00. The molecule has 0 aromatic heterocycles. The lowest BCUT2D eigenvalue weighted by Crippen LogP contribution is -2.31. The third kappa shape index (κ3) is 2.48. The molecule has 0 heterocycles. The maximum atomic E-state index is 5.99. The number of nitrogens with two attached hydrogens (primary N) is 1. The summed E-state index contributed by atoms with van der Waals surface area (Å²) in [5, 5.41) is 0. The standard InChI is InChI=1S/C10H21N/c1-3-10(11)9-6-4-8(2)5-7-9/h8-10H,3-7,11H2,1-2H3/t8?,9?,10-/m1/s1. The molecule has 66 valence electrons. The smallest absolute Gasteiger partial charge is 0.00645 e. The number of hydrogen-bond donors (Lipinski definition) is 1. The topological polar surface area (TPSA) is 26.0 Å². The van der Waals surface area contributed by atoms with Crippen LogP contribution in [-0.4, -0.2) is 6.04 Å². The van der Waals surface area contributed by atoms with E-state index in [4.69, 9.17) is 5.73 Å². The van der Waals surface area contributed by atoms with Gasteiger partial charge < -0.3 is 5.73 Å². The Bertz CT molecular complexity index is 103. The molecular formula is C10H21N. The molecule has 1 atom stereocenters. The second-order valence-electron chi connectivity index (χ2n) is 4.09. The maximum absolute atomic E-state index is 5.99. The zero-order chi connectivity index (χ0) is 8.27. The third-order valence-electron chi connectivity index (χ3n) is 3.14. The first-order chi connectivity index (χ1) is 5.24. The first-order valence-corrected chi connectivity index (χ1v) is 4.99. The molecular weight excluding hydrogens is 134 g/mol. The van der Waals surface area contributed by atoms with Gasteiger partial charge in [0.1, 0.15) is 0 Å². The van der Waals surface area contributed by atoms with E-state index in [0.717, 1.165) is 18.3 Å². The van der Waals surface area contributed by atoms with Gasteiger partial charge in [-0.15, -0.1) is 0 Å². The van der Waals surface area contributed by atoms with Crippen molar-refractivity contribution in [3.05, 3.63) is 0 Å². The van der Waals surface area contributed by atoms with Crippen LogP contribution in [0.3, 0.4) is 0 Å². The van der Waals surface area contributed by atoms with Gasteiger partial charge >= 0.3 is 0 Å². The van der Waals surface area contributed by atoms with Gasteiger partial charge in [-0.2, -0.15) is 0 Å². The van der Waals surface area contributed by atoms with E-state index in [2.05, 4.69) is 13.8 Å². The first-order valence-electron chi connectivity index (χ1n) is 4.99. The van der Waals surface area contributed by atoms with Gasteiger partial charge in [0, 0.05) is 6.04 Å². The highest BCUT2D eigenvalue weighted by atomic mass is 14.6. The zero-order valence-corrected chi connectivity index (χ0v) is 7.84. The minimum absolute atomic E-state index is 0.475. The van der Waals surface area contributed by atoms with E-state index in [-0.39, 0.29) is 0 Å². The highest BCUT2D eigenvalue weighted by Gasteiger charge is 2.21. The number of hydrogen-bond acceptors (Lipinski definition) is 1. The predicted molar refractivity (Wildman–Crippen MR) is 49.4 cm³/mol. The maximum Gasteiger partial charge on any atom is 0.00645 e. The number of rotatable bonds is 2. The van der Waals surface area contributed by atoms with Gasteiger partial charge in [0.05, 0.1) is 0 Å². The molecule has 1 saturated carbocycles. The largest absolute Gasteiger partial charge is 0.327 e. The molecule has 0 aromatic carbocycles. The van der Waals surface area contributed by atoms with Gasteiger partial charge in [0.2, 0.25) is 0 Å². The van der Waals surface area contributed by atoms with Gasteiger partial charge in [-0.25, -0.2) is 0 Å². The van der Waals surface area contributed by atoms with Crippen LogP contribution in [0, 0.1) is 11.8 Å². The van der Waals surface area contributed by atoms with E-state index in [0.29, 0.717) is 6.04 Å². The summed E-state index contributed by atoms with van der Waals surface area (Å²) >= 11 is 0. The average Bonchev–Trinajstić information content (AvgIpc) is 2.05. The summed E-state index contributed by atoms with van der Waals surface area (Å²) in [6.45, 7) is 4.55. The molecule has 0 saturated heterocycles. The summed E-state index contributed by atoms with van der Waals surface area (Å²) in [6, 6.07) is 0.475. The van der Waals surface area contributed by atoms with Crippen molar-refractivity contribution >= 4 is 0 Å². The van der Waals surface area contributed by atoms with Crippen molar-refractivity contribution in [1.82, 2.24) is 0 Å². The van der Waals surface area contributed by atoms with Crippen LogP contribution < -0.4 is 5.73 Å². The molecule has 0 unspecified atom stereocenters. The van der Waals surface area contributed by atoms with E-state index >= 15 is 0 Å². The van der Waals surface area contributed by atoms with Gasteiger partial charge in [-0.3, -0.25) is 0 Å². The van der Waals surface area contributed by atoms with Crippen molar-refractivity contribution in [2.45, 2.75) is 52.0 Å². The van der Waals surface area contributed by atoms with Gasteiger partial charge in [-0.05, 0) is 31.1 Å². The lowest BCUT2D eigenvalue weighted by molar-refractivity contribution is 0.251. The Labute approximate surface area is 70.4 Å². The van der Waals surface area contributed by atoms with Gasteiger partial charge in [-0.1, -0.05) is 26.7 Å². The van der Waals surface area contributed by atoms with Gasteiger partial charge in [0.25, 0.3) is 0 Å². The summed E-state index contributed by atoms with van der Waals surface area (Å²) < 4.78 is 0. The monoisotopic (exact) mass is 155 g/mol. The Morgan fingerprint density at radius 3 is 2.27 bits per heavy atom. The predicted octanol–water partition coefficient (Wildman–Crippen LogP) is 2.55. The second-order valence-corrected chi connectivity index (χ2v) is 4.09. The van der Waals surface area contributed by atoms with Crippen LogP contribution in [0.2, 0.25) is 0 Å². The molecule has 1 aliphatic carbocycles. The van der Waals surface area contributed by atoms with Crippen LogP contribution in [0.25, 0.3) is 0 Å². The van der Waals surface area contributed by atoms with Crippen LogP contribution >= 0.6 is 0 Å². The summed E-state index contributed by atoms with van der Waals surface area (Å²) in [5.74, 6) is 1.78. The highest BCUT2D eigenvalue weighted by molar-refractivity contribution is 4.77. The van der Waals surface area contributed by atoms with Crippen LogP contribution in [0.15, 0.2) is 0 Å². The lowest BCUT2D eigenvalue weighted by atomic mass is 9.79. The molecule has 2 N–H and O–H groups in total. The lowest BCUT2D eigenvalue weighted by Gasteiger charge is -2.29. The minimum Gasteiger partial charge on any atom is -0.327 e. The molecule has 0 aliphatic heterocycles. The van der Waals surface area contributed by atoms with Crippen molar-refractivity contribution in [3.63, 3.8) is 0 Å². The van der Waals surface area contributed by atoms with Crippen LogP contribution in [-0.2, 0) is 0 Å². The molecule has 1 aliphatic rings. The van der Waals surface area contributed by atoms with Crippen molar-refractivity contribution in [2.24, 2.45) is 17.6 Å². The normalized spacial score (nSPS) is 35.2. The highest BCUT2D eigenvalue weighted by Crippen LogP contribution is 2.30. The fourth-order valence-electron chi connectivity index (χ4n) is 2.05. The summed E-state index contributed by atoms with van der Waals surface area (Å²) in [6.07, 6.45) is 6.70. The van der Waals surface area contributed by atoms with E-state index < -0.39 is 0 Å². The first kappa shape index (κ1) is 9.05. The van der Waals surface area contributed by atoms with Gasteiger partial charge in [0.15, 0.2) is 0 Å². The molecule has 0 radical (unpaired) electrons. The van der Waals surface area contributed by atoms with Crippen molar-refractivity contribution in [2.75, 3.05) is 0 Å². The van der Waals surface area contributed by atoms with Crippen molar-refractivity contribution in [3.8, 4) is 0 Å². The van der Waals surface area contributed by atoms with Crippen LogP contribution in [0.5, 0.6) is 0 Å². The second kappa shape index (κ2) is 4.10.